The van der Waals surface area contributed by atoms with Gasteiger partial charge in [0.25, 0.3) is 0 Å². The fourth-order valence-electron chi connectivity index (χ4n) is 1.30. The van der Waals surface area contributed by atoms with Crippen LogP contribution in [0.4, 0.5) is 8.78 Å². The van der Waals surface area contributed by atoms with Crippen LogP contribution in [-0.2, 0) is 6.67 Å². The summed E-state index contributed by atoms with van der Waals surface area (Å²) in [6.07, 6.45) is 0. The number of alkyl halides is 1. The Kier molecular flexibility index (Phi) is 7.18. The molecule has 0 nitrogen and oxygen atoms in total. The predicted octanol–water partition coefficient (Wildman–Crippen LogP) is 6.58. The number of aryl methyl sites for hydroxylation is 1. The monoisotopic (exact) mass is 454 g/mol. The standard InChI is InChI=1S/C7H5Br2F.C7H6BrF/c1-4-2-5(8)7(10)6(9)3-4;8-7-3-1-2-6(4-7)5-9/h2-3H,1H3;1-4H,5H2. The topological polar surface area (TPSA) is 0 Å². The van der Waals surface area contributed by atoms with E-state index in [0.717, 1.165) is 10.0 Å². The highest BCUT2D eigenvalue weighted by atomic mass is 79.9. The van der Waals surface area contributed by atoms with Crippen LogP contribution in [-0.4, -0.2) is 0 Å². The Morgan fingerprint density at radius 2 is 1.58 bits per heavy atom. The first kappa shape index (κ1) is 16.8. The minimum absolute atomic E-state index is 0.245. The zero-order valence-corrected chi connectivity index (χ0v) is 14.8. The van der Waals surface area contributed by atoms with Gasteiger partial charge in [-0.1, -0.05) is 28.1 Å². The van der Waals surface area contributed by atoms with E-state index in [4.69, 9.17) is 0 Å². The summed E-state index contributed by atoms with van der Waals surface area (Å²) in [5, 5.41) is 0. The highest BCUT2D eigenvalue weighted by Crippen LogP contribution is 2.24. The molecule has 0 aliphatic heterocycles. The summed E-state index contributed by atoms with van der Waals surface area (Å²) >= 11 is 9.42. The van der Waals surface area contributed by atoms with Gasteiger partial charge in [-0.2, -0.15) is 0 Å². The van der Waals surface area contributed by atoms with Crippen molar-refractivity contribution in [3.05, 3.63) is 66.8 Å². The molecule has 0 aliphatic carbocycles. The van der Waals surface area contributed by atoms with Gasteiger partial charge < -0.3 is 0 Å². The molecule has 2 aromatic carbocycles. The number of hydrogen-bond acceptors (Lipinski definition) is 0. The minimum atomic E-state index is -0.389. The van der Waals surface area contributed by atoms with E-state index < -0.39 is 0 Å². The van der Waals surface area contributed by atoms with Gasteiger partial charge >= 0.3 is 0 Å². The van der Waals surface area contributed by atoms with Crippen LogP contribution in [0, 0.1) is 12.7 Å². The van der Waals surface area contributed by atoms with Crippen molar-refractivity contribution in [3.8, 4) is 0 Å². The van der Waals surface area contributed by atoms with Crippen LogP contribution in [0.15, 0.2) is 49.8 Å². The lowest BCUT2D eigenvalue weighted by molar-refractivity contribution is 0.485. The molecular formula is C14H11Br3F2. The smallest absolute Gasteiger partial charge is 0.151 e. The second kappa shape index (κ2) is 8.12. The number of rotatable bonds is 1. The zero-order chi connectivity index (χ0) is 14.4. The second-order valence-electron chi connectivity index (χ2n) is 3.81. The number of hydrogen-bond donors (Lipinski definition) is 0. The largest absolute Gasteiger partial charge is 0.246 e. The normalized spacial score (nSPS) is 9.79. The van der Waals surface area contributed by atoms with Gasteiger partial charge in [-0.05, 0) is 74.2 Å². The first-order valence-electron chi connectivity index (χ1n) is 5.35. The van der Waals surface area contributed by atoms with E-state index in [-0.39, 0.29) is 12.5 Å². The molecule has 0 atom stereocenters. The Bertz CT molecular complexity index is 533. The fourth-order valence-corrected chi connectivity index (χ4v) is 3.16. The Labute approximate surface area is 136 Å². The molecule has 0 aliphatic rings. The maximum atomic E-state index is 12.8. The Hall–Kier alpha value is -0.260. The summed E-state index contributed by atoms with van der Waals surface area (Å²) < 4.78 is 26.6. The van der Waals surface area contributed by atoms with E-state index in [1.165, 1.54) is 0 Å². The molecule has 5 heteroatoms. The third-order valence-corrected chi connectivity index (χ3v) is 3.82. The van der Waals surface area contributed by atoms with Crippen LogP contribution in [0.5, 0.6) is 0 Å². The van der Waals surface area contributed by atoms with Crippen molar-refractivity contribution in [1.29, 1.82) is 0 Å². The van der Waals surface area contributed by atoms with Crippen molar-refractivity contribution in [3.63, 3.8) is 0 Å². The van der Waals surface area contributed by atoms with E-state index >= 15 is 0 Å². The Morgan fingerprint density at radius 3 is 2.00 bits per heavy atom. The average molecular weight is 457 g/mol. The summed E-state index contributed by atoms with van der Waals surface area (Å²) in [5.41, 5.74) is 1.74. The molecule has 0 saturated carbocycles. The quantitative estimate of drug-likeness (QED) is 0.425. The molecule has 0 unspecified atom stereocenters. The first-order chi connectivity index (χ1) is 8.93. The molecule has 0 bridgehead atoms. The second-order valence-corrected chi connectivity index (χ2v) is 6.43. The van der Waals surface area contributed by atoms with E-state index in [1.54, 1.807) is 24.3 Å². The van der Waals surface area contributed by atoms with Gasteiger partial charge in [0.05, 0.1) is 8.95 Å². The molecular weight excluding hydrogens is 446 g/mol. The molecule has 0 saturated heterocycles. The summed E-state index contributed by atoms with van der Waals surface area (Å²) in [6, 6.07) is 10.7. The molecule has 19 heavy (non-hydrogen) atoms. The van der Waals surface area contributed by atoms with E-state index in [2.05, 4.69) is 47.8 Å². The van der Waals surface area contributed by atoms with E-state index in [9.17, 15) is 8.78 Å². The van der Waals surface area contributed by atoms with Crippen molar-refractivity contribution in [2.45, 2.75) is 13.6 Å². The van der Waals surface area contributed by atoms with Crippen molar-refractivity contribution < 1.29 is 8.78 Å². The average Bonchev–Trinajstić information content (AvgIpc) is 2.36. The summed E-state index contributed by atoms with van der Waals surface area (Å²) in [6.45, 7) is 1.52. The maximum Gasteiger partial charge on any atom is 0.151 e. The van der Waals surface area contributed by atoms with Crippen LogP contribution in [0.1, 0.15) is 11.1 Å². The lowest BCUT2D eigenvalue weighted by Gasteiger charge is -1.98. The number of benzene rings is 2. The molecule has 0 aromatic heterocycles. The molecule has 0 spiro atoms. The summed E-state index contributed by atoms with van der Waals surface area (Å²) in [4.78, 5) is 0. The summed E-state index contributed by atoms with van der Waals surface area (Å²) in [5.74, 6) is -0.245. The molecule has 0 fully saturated rings. The molecule has 0 N–H and O–H groups in total. The predicted molar refractivity (Wildman–Crippen MR) is 85.5 cm³/mol. The highest BCUT2D eigenvalue weighted by molar-refractivity contribution is 9.11. The molecule has 2 aromatic rings. The zero-order valence-electron chi connectivity index (χ0n) is 10.1. The van der Waals surface area contributed by atoms with Gasteiger partial charge in [0.2, 0.25) is 0 Å². The Balaban J connectivity index is 0.000000191. The van der Waals surface area contributed by atoms with Crippen molar-refractivity contribution in [2.24, 2.45) is 0 Å². The maximum absolute atomic E-state index is 12.8. The SMILES string of the molecule is Cc1cc(Br)c(F)c(Br)c1.FCc1cccc(Br)c1. The van der Waals surface area contributed by atoms with Gasteiger partial charge in [-0.3, -0.25) is 0 Å². The van der Waals surface area contributed by atoms with Crippen molar-refractivity contribution >= 4 is 47.8 Å². The third-order valence-electron chi connectivity index (χ3n) is 2.17. The Morgan fingerprint density at radius 1 is 1.00 bits per heavy atom. The first-order valence-corrected chi connectivity index (χ1v) is 7.73. The van der Waals surface area contributed by atoms with Gasteiger partial charge in [-0.25, -0.2) is 8.78 Å². The minimum Gasteiger partial charge on any atom is -0.246 e. The molecule has 0 amide bonds. The third kappa shape index (κ3) is 5.71. The molecule has 0 heterocycles. The van der Waals surface area contributed by atoms with Gasteiger partial charge in [0.1, 0.15) is 6.67 Å². The lowest BCUT2D eigenvalue weighted by atomic mass is 10.2. The molecule has 102 valence electrons. The van der Waals surface area contributed by atoms with E-state index in [0.29, 0.717) is 14.5 Å². The fraction of sp³-hybridized carbons (Fsp3) is 0.143. The molecule has 0 radical (unpaired) electrons. The number of halogens is 5. The van der Waals surface area contributed by atoms with E-state index in [1.807, 2.05) is 19.1 Å². The van der Waals surface area contributed by atoms with Gasteiger partial charge in [0, 0.05) is 4.47 Å². The molecule has 2 rings (SSSR count). The van der Waals surface area contributed by atoms with Crippen LogP contribution in [0.25, 0.3) is 0 Å². The van der Waals surface area contributed by atoms with Crippen LogP contribution in [0.2, 0.25) is 0 Å². The van der Waals surface area contributed by atoms with Gasteiger partial charge in [0.15, 0.2) is 5.82 Å². The van der Waals surface area contributed by atoms with Crippen LogP contribution >= 0.6 is 47.8 Å². The summed E-state index contributed by atoms with van der Waals surface area (Å²) in [7, 11) is 0. The van der Waals surface area contributed by atoms with Crippen molar-refractivity contribution in [1.82, 2.24) is 0 Å². The van der Waals surface area contributed by atoms with Crippen LogP contribution < -0.4 is 0 Å². The lowest BCUT2D eigenvalue weighted by Crippen LogP contribution is -1.81. The van der Waals surface area contributed by atoms with Crippen LogP contribution in [0.3, 0.4) is 0 Å². The highest BCUT2D eigenvalue weighted by Gasteiger charge is 2.03. The van der Waals surface area contributed by atoms with Gasteiger partial charge in [-0.15, -0.1) is 0 Å². The van der Waals surface area contributed by atoms with Crippen molar-refractivity contribution in [2.75, 3.05) is 0 Å².